The van der Waals surface area contributed by atoms with Gasteiger partial charge in [0.2, 0.25) is 10.0 Å². The van der Waals surface area contributed by atoms with E-state index in [-0.39, 0.29) is 11.5 Å². The van der Waals surface area contributed by atoms with Gasteiger partial charge in [0, 0.05) is 4.47 Å². The van der Waals surface area contributed by atoms with Crippen molar-refractivity contribution in [1.82, 2.24) is 4.72 Å². The second-order valence-electron chi connectivity index (χ2n) is 5.58. The van der Waals surface area contributed by atoms with E-state index < -0.39 is 22.5 Å². The summed E-state index contributed by atoms with van der Waals surface area (Å²) in [5.74, 6) is -0.642. The minimum Gasteiger partial charge on any atom is -0.460 e. The Hall–Kier alpha value is -2.22. The number of benzene rings is 3. The molecule has 26 heavy (non-hydrogen) atoms. The first-order chi connectivity index (χ1) is 12.5. The zero-order valence-corrected chi connectivity index (χ0v) is 16.1. The van der Waals surface area contributed by atoms with Gasteiger partial charge in [0.25, 0.3) is 0 Å². The van der Waals surface area contributed by atoms with E-state index in [4.69, 9.17) is 4.74 Å². The molecule has 0 unspecified atom stereocenters. The molecule has 134 valence electrons. The van der Waals surface area contributed by atoms with Gasteiger partial charge in [-0.05, 0) is 34.5 Å². The van der Waals surface area contributed by atoms with E-state index in [9.17, 15) is 13.2 Å². The Kier molecular flexibility index (Phi) is 5.70. The van der Waals surface area contributed by atoms with Crippen molar-refractivity contribution >= 4 is 42.7 Å². The van der Waals surface area contributed by atoms with Crippen LogP contribution in [0.25, 0.3) is 10.8 Å². The lowest BCUT2D eigenvalue weighted by Crippen LogP contribution is -2.30. The largest absolute Gasteiger partial charge is 0.460 e. The van der Waals surface area contributed by atoms with Gasteiger partial charge in [0.15, 0.2) is 0 Å². The quantitative estimate of drug-likeness (QED) is 0.602. The molecule has 3 rings (SSSR count). The van der Waals surface area contributed by atoms with Crippen LogP contribution in [-0.4, -0.2) is 20.9 Å². The number of fused-ring (bicyclic) bond motifs is 1. The topological polar surface area (TPSA) is 72.5 Å². The molecule has 0 amide bonds. The van der Waals surface area contributed by atoms with Crippen LogP contribution in [0.1, 0.15) is 5.56 Å². The van der Waals surface area contributed by atoms with Gasteiger partial charge < -0.3 is 4.74 Å². The number of carbonyl (C=O) groups is 1. The standard InChI is InChI=1S/C19H16BrNO4S/c20-16-8-4-9-17(11-16)26(23,24)21-12-19(22)25-13-15-7-3-6-14-5-1-2-10-18(14)15/h1-11,21H,12-13H2. The first kappa shape index (κ1) is 18.6. The number of hydrogen-bond acceptors (Lipinski definition) is 4. The summed E-state index contributed by atoms with van der Waals surface area (Å²) in [6.45, 7) is -0.349. The fraction of sp³-hybridized carbons (Fsp3) is 0.105. The molecular weight excluding hydrogens is 418 g/mol. The lowest BCUT2D eigenvalue weighted by molar-refractivity contribution is -0.143. The van der Waals surface area contributed by atoms with Crippen LogP contribution >= 0.6 is 15.9 Å². The summed E-state index contributed by atoms with van der Waals surface area (Å²) in [5.41, 5.74) is 0.867. The van der Waals surface area contributed by atoms with Gasteiger partial charge in [-0.1, -0.05) is 64.5 Å². The summed E-state index contributed by atoms with van der Waals surface area (Å²) in [6.07, 6.45) is 0. The summed E-state index contributed by atoms with van der Waals surface area (Å²) in [5, 5.41) is 2.05. The molecule has 3 aromatic carbocycles. The summed E-state index contributed by atoms with van der Waals surface area (Å²) < 4.78 is 32.5. The van der Waals surface area contributed by atoms with E-state index in [0.29, 0.717) is 4.47 Å². The van der Waals surface area contributed by atoms with Crippen molar-refractivity contribution in [2.75, 3.05) is 6.54 Å². The monoisotopic (exact) mass is 433 g/mol. The Morgan fingerprint density at radius 2 is 1.73 bits per heavy atom. The third kappa shape index (κ3) is 4.49. The van der Waals surface area contributed by atoms with Crippen molar-refractivity contribution in [1.29, 1.82) is 0 Å². The lowest BCUT2D eigenvalue weighted by atomic mass is 10.1. The van der Waals surface area contributed by atoms with E-state index in [0.717, 1.165) is 16.3 Å². The summed E-state index contributed by atoms with van der Waals surface area (Å²) in [4.78, 5) is 12.0. The number of ether oxygens (including phenoxy) is 1. The molecule has 0 spiro atoms. The molecule has 5 nitrogen and oxygen atoms in total. The van der Waals surface area contributed by atoms with Gasteiger partial charge >= 0.3 is 5.97 Å². The van der Waals surface area contributed by atoms with E-state index in [2.05, 4.69) is 20.7 Å². The van der Waals surface area contributed by atoms with Crippen molar-refractivity contribution in [2.45, 2.75) is 11.5 Å². The fourth-order valence-electron chi connectivity index (χ4n) is 2.50. The van der Waals surface area contributed by atoms with Crippen molar-refractivity contribution in [3.05, 3.63) is 76.8 Å². The maximum atomic E-state index is 12.2. The summed E-state index contributed by atoms with van der Waals surface area (Å²) >= 11 is 3.22. The highest BCUT2D eigenvalue weighted by Gasteiger charge is 2.16. The predicted molar refractivity (Wildman–Crippen MR) is 103 cm³/mol. The van der Waals surface area contributed by atoms with Crippen LogP contribution in [0.4, 0.5) is 0 Å². The molecule has 0 saturated carbocycles. The molecule has 0 fully saturated rings. The third-order valence-electron chi connectivity index (χ3n) is 3.78. The van der Waals surface area contributed by atoms with E-state index in [1.54, 1.807) is 12.1 Å². The third-order valence-corrected chi connectivity index (χ3v) is 5.67. The number of sulfonamides is 1. The Morgan fingerprint density at radius 3 is 2.54 bits per heavy atom. The predicted octanol–water partition coefficient (Wildman–Crippen LogP) is 3.62. The second-order valence-corrected chi connectivity index (χ2v) is 8.26. The van der Waals surface area contributed by atoms with Crippen molar-refractivity contribution < 1.29 is 17.9 Å². The van der Waals surface area contributed by atoms with Crippen molar-refractivity contribution in [2.24, 2.45) is 0 Å². The lowest BCUT2D eigenvalue weighted by Gasteiger charge is -2.09. The maximum Gasteiger partial charge on any atom is 0.321 e. The van der Waals surface area contributed by atoms with E-state index in [1.165, 1.54) is 12.1 Å². The molecule has 0 bridgehead atoms. The molecule has 0 aromatic heterocycles. The molecular formula is C19H16BrNO4S. The van der Waals surface area contributed by atoms with Crippen LogP contribution in [0.15, 0.2) is 76.1 Å². The number of esters is 1. The highest BCUT2D eigenvalue weighted by Crippen LogP contribution is 2.19. The zero-order valence-electron chi connectivity index (χ0n) is 13.7. The maximum absolute atomic E-state index is 12.2. The molecule has 0 saturated heterocycles. The number of halogens is 1. The Labute approximate surface area is 160 Å². The number of hydrogen-bond donors (Lipinski definition) is 1. The van der Waals surface area contributed by atoms with Gasteiger partial charge in [-0.2, -0.15) is 4.72 Å². The minimum atomic E-state index is -3.78. The molecule has 0 aliphatic heterocycles. The van der Waals surface area contributed by atoms with Gasteiger partial charge in [0.05, 0.1) is 4.90 Å². The molecule has 7 heteroatoms. The van der Waals surface area contributed by atoms with E-state index in [1.807, 2.05) is 42.5 Å². The van der Waals surface area contributed by atoms with Crippen LogP contribution in [0.5, 0.6) is 0 Å². The smallest absolute Gasteiger partial charge is 0.321 e. The number of carbonyl (C=O) groups excluding carboxylic acids is 1. The zero-order chi connectivity index (χ0) is 18.6. The second kappa shape index (κ2) is 7.99. The van der Waals surface area contributed by atoms with Crippen LogP contribution in [0.3, 0.4) is 0 Å². The van der Waals surface area contributed by atoms with Crippen LogP contribution in [0.2, 0.25) is 0 Å². The average molecular weight is 434 g/mol. The molecule has 1 N–H and O–H groups in total. The molecule has 0 radical (unpaired) electrons. The highest BCUT2D eigenvalue weighted by molar-refractivity contribution is 9.10. The van der Waals surface area contributed by atoms with Crippen molar-refractivity contribution in [3.8, 4) is 0 Å². The van der Waals surface area contributed by atoms with Crippen LogP contribution < -0.4 is 4.72 Å². The van der Waals surface area contributed by atoms with Gasteiger partial charge in [-0.15, -0.1) is 0 Å². The number of nitrogens with one attached hydrogen (secondary N) is 1. The fourth-order valence-corrected chi connectivity index (χ4v) is 4.06. The van der Waals surface area contributed by atoms with Crippen molar-refractivity contribution in [3.63, 3.8) is 0 Å². The average Bonchev–Trinajstić information content (AvgIpc) is 2.65. The van der Waals surface area contributed by atoms with Gasteiger partial charge in [-0.25, -0.2) is 8.42 Å². The first-order valence-electron chi connectivity index (χ1n) is 7.83. The Morgan fingerprint density at radius 1 is 1.00 bits per heavy atom. The van der Waals surface area contributed by atoms with Crippen LogP contribution in [-0.2, 0) is 26.2 Å². The highest BCUT2D eigenvalue weighted by atomic mass is 79.9. The number of rotatable bonds is 6. The Balaban J connectivity index is 1.61. The first-order valence-corrected chi connectivity index (χ1v) is 10.1. The summed E-state index contributed by atoms with van der Waals surface area (Å²) in [6, 6.07) is 19.8. The molecule has 0 aliphatic carbocycles. The van der Waals surface area contributed by atoms with E-state index >= 15 is 0 Å². The minimum absolute atomic E-state index is 0.0775. The van der Waals surface area contributed by atoms with Gasteiger partial charge in [-0.3, -0.25) is 4.79 Å². The SMILES string of the molecule is O=C(CNS(=O)(=O)c1cccc(Br)c1)OCc1cccc2ccccc12. The van der Waals surface area contributed by atoms with Gasteiger partial charge in [0.1, 0.15) is 13.2 Å². The molecule has 3 aromatic rings. The molecule has 0 aliphatic rings. The summed E-state index contributed by atoms with van der Waals surface area (Å²) in [7, 11) is -3.78. The molecule has 0 atom stereocenters. The Bertz CT molecular complexity index is 1040. The normalized spacial score (nSPS) is 11.4. The van der Waals surface area contributed by atoms with Crippen LogP contribution in [0, 0.1) is 0 Å². The molecule has 0 heterocycles.